The largest absolute Gasteiger partial charge is 0.456 e. The first-order valence-electron chi connectivity index (χ1n) is 14.4. The van der Waals surface area contributed by atoms with Crippen LogP contribution in [-0.2, 0) is 0 Å². The lowest BCUT2D eigenvalue weighted by atomic mass is 10.00. The molecule has 7 aromatic carbocycles. The van der Waals surface area contributed by atoms with Crippen LogP contribution in [0, 0.1) is 0 Å². The zero-order chi connectivity index (χ0) is 28.8. The average molecular weight is 572 g/mol. The standard InChI is InChI=1S/C40H26ClNO/c41-31-19-24-38-36(25-31)40-35-14-8-7-13-34(35)37(26-39(40)43-38)42(32-20-15-29(16-21-32)27-9-3-1-4-10-27)33-22-17-30(18-23-33)28-11-5-2-6-12-28/h1-26H. The van der Waals surface area contributed by atoms with Crippen molar-refractivity contribution in [3.63, 3.8) is 0 Å². The van der Waals surface area contributed by atoms with Crippen LogP contribution in [0.4, 0.5) is 17.1 Å². The Kier molecular flexibility index (Phi) is 6.21. The molecule has 0 fully saturated rings. The molecule has 1 heterocycles. The van der Waals surface area contributed by atoms with Crippen molar-refractivity contribution < 1.29 is 4.42 Å². The Bertz CT molecular complexity index is 2140. The van der Waals surface area contributed by atoms with Crippen LogP contribution in [0.5, 0.6) is 0 Å². The van der Waals surface area contributed by atoms with Crippen molar-refractivity contribution in [3.8, 4) is 22.3 Å². The van der Waals surface area contributed by atoms with Crippen molar-refractivity contribution in [3.05, 3.63) is 163 Å². The van der Waals surface area contributed by atoms with E-state index in [-0.39, 0.29) is 0 Å². The summed E-state index contributed by atoms with van der Waals surface area (Å²) in [6.45, 7) is 0. The van der Waals surface area contributed by atoms with Crippen LogP contribution in [0.3, 0.4) is 0 Å². The van der Waals surface area contributed by atoms with E-state index in [1.54, 1.807) is 0 Å². The molecule has 0 spiro atoms. The number of furan rings is 1. The third-order valence-corrected chi connectivity index (χ3v) is 8.36. The molecule has 1 aromatic heterocycles. The number of nitrogens with zero attached hydrogens (tertiary/aromatic N) is 1. The Labute approximate surface area is 255 Å². The van der Waals surface area contributed by atoms with E-state index in [1.807, 2.05) is 30.3 Å². The zero-order valence-corrected chi connectivity index (χ0v) is 24.0. The van der Waals surface area contributed by atoms with Crippen molar-refractivity contribution in [1.82, 2.24) is 0 Å². The molecule has 0 aliphatic carbocycles. The van der Waals surface area contributed by atoms with Gasteiger partial charge < -0.3 is 9.32 Å². The minimum absolute atomic E-state index is 0.696. The summed E-state index contributed by atoms with van der Waals surface area (Å²) >= 11 is 6.43. The maximum absolute atomic E-state index is 6.45. The number of hydrogen-bond acceptors (Lipinski definition) is 2. The molecule has 8 aromatic rings. The molecule has 0 bridgehead atoms. The van der Waals surface area contributed by atoms with E-state index in [0.29, 0.717) is 5.02 Å². The summed E-state index contributed by atoms with van der Waals surface area (Å²) in [5, 5.41) is 5.06. The van der Waals surface area contributed by atoms with Gasteiger partial charge in [-0.15, -0.1) is 0 Å². The average Bonchev–Trinajstić information content (AvgIpc) is 3.44. The predicted molar refractivity (Wildman–Crippen MR) is 182 cm³/mol. The molecule has 8 rings (SSSR count). The monoisotopic (exact) mass is 571 g/mol. The lowest BCUT2D eigenvalue weighted by Gasteiger charge is -2.27. The Morgan fingerprint density at radius 1 is 0.419 bits per heavy atom. The van der Waals surface area contributed by atoms with Crippen LogP contribution in [0.15, 0.2) is 162 Å². The number of rotatable bonds is 5. The van der Waals surface area contributed by atoms with E-state index in [4.69, 9.17) is 16.0 Å². The van der Waals surface area contributed by atoms with Gasteiger partial charge in [-0.3, -0.25) is 0 Å². The normalized spacial score (nSPS) is 11.4. The smallest absolute Gasteiger partial charge is 0.138 e. The van der Waals surface area contributed by atoms with Crippen LogP contribution >= 0.6 is 11.6 Å². The van der Waals surface area contributed by atoms with Crippen LogP contribution in [-0.4, -0.2) is 0 Å². The number of halogens is 1. The summed E-state index contributed by atoms with van der Waals surface area (Å²) in [5.41, 5.74) is 9.59. The molecule has 0 radical (unpaired) electrons. The highest BCUT2D eigenvalue weighted by Crippen LogP contribution is 2.45. The zero-order valence-electron chi connectivity index (χ0n) is 23.2. The van der Waals surface area contributed by atoms with Crippen molar-refractivity contribution in [1.29, 1.82) is 0 Å². The summed E-state index contributed by atoms with van der Waals surface area (Å²) in [4.78, 5) is 2.32. The molecule has 0 atom stereocenters. The van der Waals surface area contributed by atoms with Gasteiger partial charge >= 0.3 is 0 Å². The quantitative estimate of drug-likeness (QED) is 0.204. The molecule has 0 amide bonds. The minimum Gasteiger partial charge on any atom is -0.456 e. The topological polar surface area (TPSA) is 16.4 Å². The number of benzene rings is 7. The summed E-state index contributed by atoms with van der Waals surface area (Å²) in [5.74, 6) is 0. The van der Waals surface area contributed by atoms with E-state index in [0.717, 1.165) is 49.8 Å². The molecule has 43 heavy (non-hydrogen) atoms. The second kappa shape index (κ2) is 10.5. The summed E-state index contributed by atoms with van der Waals surface area (Å²) in [6.07, 6.45) is 0. The lowest BCUT2D eigenvalue weighted by Crippen LogP contribution is -2.10. The van der Waals surface area contributed by atoms with Crippen molar-refractivity contribution in [2.24, 2.45) is 0 Å². The molecular formula is C40H26ClNO. The minimum atomic E-state index is 0.696. The van der Waals surface area contributed by atoms with Gasteiger partial charge in [-0.1, -0.05) is 121 Å². The fourth-order valence-electron chi connectivity index (χ4n) is 6.07. The molecule has 2 nitrogen and oxygen atoms in total. The van der Waals surface area contributed by atoms with Gasteiger partial charge in [-0.2, -0.15) is 0 Å². The Balaban J connectivity index is 1.35. The number of hydrogen-bond donors (Lipinski definition) is 0. The van der Waals surface area contributed by atoms with Crippen molar-refractivity contribution in [2.45, 2.75) is 0 Å². The van der Waals surface area contributed by atoms with Gasteiger partial charge in [0.15, 0.2) is 0 Å². The molecule has 204 valence electrons. The molecule has 0 unspecified atom stereocenters. The maximum atomic E-state index is 6.45. The fraction of sp³-hybridized carbons (Fsp3) is 0. The van der Waals surface area contributed by atoms with E-state index in [1.165, 1.54) is 22.3 Å². The molecule has 0 N–H and O–H groups in total. The Hall–Kier alpha value is -5.31. The first-order valence-corrected chi connectivity index (χ1v) is 14.8. The predicted octanol–water partition coefficient (Wildman–Crippen LogP) is 12.2. The third kappa shape index (κ3) is 4.53. The van der Waals surface area contributed by atoms with E-state index in [2.05, 4.69) is 132 Å². The van der Waals surface area contributed by atoms with Gasteiger partial charge in [0.1, 0.15) is 11.2 Å². The molecule has 3 heteroatoms. The summed E-state index contributed by atoms with van der Waals surface area (Å²) in [7, 11) is 0. The maximum Gasteiger partial charge on any atom is 0.138 e. The van der Waals surface area contributed by atoms with E-state index < -0.39 is 0 Å². The second-order valence-corrected chi connectivity index (χ2v) is 11.2. The first kappa shape index (κ1) is 25.4. The molecule has 0 aliphatic heterocycles. The molecular weight excluding hydrogens is 546 g/mol. The molecule has 0 saturated heterocycles. The molecule has 0 aliphatic rings. The van der Waals surface area contributed by atoms with Gasteiger partial charge in [0.05, 0.1) is 5.69 Å². The van der Waals surface area contributed by atoms with Crippen molar-refractivity contribution >= 4 is 61.4 Å². The highest BCUT2D eigenvalue weighted by atomic mass is 35.5. The van der Waals surface area contributed by atoms with E-state index in [9.17, 15) is 0 Å². The first-order chi connectivity index (χ1) is 21.2. The Morgan fingerprint density at radius 3 is 1.51 bits per heavy atom. The third-order valence-electron chi connectivity index (χ3n) is 8.12. The number of fused-ring (bicyclic) bond motifs is 5. The summed E-state index contributed by atoms with van der Waals surface area (Å²) in [6, 6.07) is 55.1. The van der Waals surface area contributed by atoms with Gasteiger partial charge in [0, 0.05) is 38.6 Å². The van der Waals surface area contributed by atoms with Gasteiger partial charge in [-0.05, 0) is 70.1 Å². The highest BCUT2D eigenvalue weighted by Gasteiger charge is 2.20. The van der Waals surface area contributed by atoms with E-state index >= 15 is 0 Å². The lowest BCUT2D eigenvalue weighted by molar-refractivity contribution is 0.669. The van der Waals surface area contributed by atoms with Gasteiger partial charge in [0.2, 0.25) is 0 Å². The highest BCUT2D eigenvalue weighted by molar-refractivity contribution is 6.32. The molecule has 0 saturated carbocycles. The van der Waals surface area contributed by atoms with Crippen LogP contribution in [0.1, 0.15) is 0 Å². The van der Waals surface area contributed by atoms with Crippen LogP contribution in [0.25, 0.3) is 55.0 Å². The van der Waals surface area contributed by atoms with Crippen LogP contribution in [0.2, 0.25) is 5.02 Å². The summed E-state index contributed by atoms with van der Waals surface area (Å²) < 4.78 is 6.45. The second-order valence-electron chi connectivity index (χ2n) is 10.7. The van der Waals surface area contributed by atoms with Gasteiger partial charge in [-0.25, -0.2) is 0 Å². The van der Waals surface area contributed by atoms with Crippen molar-refractivity contribution in [2.75, 3.05) is 4.90 Å². The SMILES string of the molecule is Clc1ccc2oc3cc(N(c4ccc(-c5ccccc5)cc4)c4ccc(-c5ccccc5)cc4)c4ccccc4c3c2c1. The Morgan fingerprint density at radius 2 is 0.930 bits per heavy atom. The fourth-order valence-corrected chi connectivity index (χ4v) is 6.25. The van der Waals surface area contributed by atoms with Crippen LogP contribution < -0.4 is 4.90 Å². The van der Waals surface area contributed by atoms with Gasteiger partial charge in [0.25, 0.3) is 0 Å². The number of anilines is 3.